The number of hydrogen-bond donors (Lipinski definition) is 1. The van der Waals surface area contributed by atoms with E-state index in [2.05, 4.69) is 15.3 Å². The molecule has 0 saturated carbocycles. The molecule has 0 bridgehead atoms. The van der Waals surface area contributed by atoms with Crippen molar-refractivity contribution in [2.24, 2.45) is 0 Å². The van der Waals surface area contributed by atoms with E-state index in [1.54, 1.807) is 51.2 Å². The molecule has 1 aromatic carbocycles. The first-order valence-corrected chi connectivity index (χ1v) is 8.71. The smallest absolute Gasteiger partial charge is 0.412 e. The summed E-state index contributed by atoms with van der Waals surface area (Å²) in [5.41, 5.74) is 2.35. The van der Waals surface area contributed by atoms with Crippen LogP contribution in [0.4, 0.5) is 10.5 Å². The van der Waals surface area contributed by atoms with Gasteiger partial charge in [0.2, 0.25) is 0 Å². The van der Waals surface area contributed by atoms with Crippen molar-refractivity contribution in [2.45, 2.75) is 26.4 Å². The molecule has 0 atom stereocenters. The summed E-state index contributed by atoms with van der Waals surface area (Å²) < 4.78 is 10.0. The molecule has 0 aliphatic rings. The van der Waals surface area contributed by atoms with Crippen LogP contribution in [0.3, 0.4) is 0 Å². The Bertz CT molecular complexity index is 1040. The molecule has 7 nitrogen and oxygen atoms in total. The normalized spacial score (nSPS) is 11.1. The number of fused-ring (bicyclic) bond motifs is 1. The molecule has 0 spiro atoms. The summed E-state index contributed by atoms with van der Waals surface area (Å²) >= 11 is 0. The minimum atomic E-state index is -0.585. The molecule has 7 heteroatoms. The second kappa shape index (κ2) is 7.64. The van der Waals surface area contributed by atoms with Gasteiger partial charge >= 0.3 is 12.1 Å². The lowest BCUT2D eigenvalue weighted by Crippen LogP contribution is -2.27. The summed E-state index contributed by atoms with van der Waals surface area (Å²) in [4.78, 5) is 32.5. The van der Waals surface area contributed by atoms with Crippen LogP contribution in [0.2, 0.25) is 0 Å². The first-order chi connectivity index (χ1) is 13.3. The number of amides is 1. The van der Waals surface area contributed by atoms with E-state index in [0.29, 0.717) is 16.9 Å². The van der Waals surface area contributed by atoms with Crippen molar-refractivity contribution < 1.29 is 19.1 Å². The molecular formula is C21H21N3O4. The lowest BCUT2D eigenvalue weighted by molar-refractivity contribution is 0.0592. The zero-order valence-corrected chi connectivity index (χ0v) is 16.1. The summed E-state index contributed by atoms with van der Waals surface area (Å²) in [6.45, 7) is 5.41. The number of esters is 1. The van der Waals surface area contributed by atoms with Crippen molar-refractivity contribution in [1.82, 2.24) is 9.97 Å². The summed E-state index contributed by atoms with van der Waals surface area (Å²) in [6, 6.07) is 12.4. The largest absolute Gasteiger partial charge is 0.464 e. The highest BCUT2D eigenvalue weighted by Gasteiger charge is 2.17. The molecule has 0 radical (unpaired) electrons. The van der Waals surface area contributed by atoms with Crippen molar-refractivity contribution in [3.05, 3.63) is 54.4 Å². The lowest BCUT2D eigenvalue weighted by Gasteiger charge is -2.19. The van der Waals surface area contributed by atoms with Crippen molar-refractivity contribution in [3.8, 4) is 11.3 Å². The van der Waals surface area contributed by atoms with Crippen molar-refractivity contribution >= 4 is 28.7 Å². The van der Waals surface area contributed by atoms with Gasteiger partial charge in [0.05, 0.1) is 18.3 Å². The average molecular weight is 379 g/mol. The van der Waals surface area contributed by atoms with Gasteiger partial charge in [-0.2, -0.15) is 0 Å². The van der Waals surface area contributed by atoms with E-state index in [4.69, 9.17) is 9.47 Å². The molecule has 2 heterocycles. The van der Waals surface area contributed by atoms with Crippen LogP contribution in [-0.4, -0.2) is 34.7 Å². The topological polar surface area (TPSA) is 90.4 Å². The van der Waals surface area contributed by atoms with Gasteiger partial charge in [-0.25, -0.2) is 14.6 Å². The summed E-state index contributed by atoms with van der Waals surface area (Å²) in [6.07, 6.45) is 1.07. The number of pyridine rings is 2. The predicted molar refractivity (Wildman–Crippen MR) is 106 cm³/mol. The maximum atomic E-state index is 12.0. The molecule has 3 rings (SSSR count). The average Bonchev–Trinajstić information content (AvgIpc) is 2.65. The van der Waals surface area contributed by atoms with E-state index < -0.39 is 17.7 Å². The maximum absolute atomic E-state index is 12.0. The van der Waals surface area contributed by atoms with Gasteiger partial charge in [0.15, 0.2) is 0 Å². The van der Waals surface area contributed by atoms with Crippen LogP contribution >= 0.6 is 0 Å². The zero-order valence-electron chi connectivity index (χ0n) is 16.1. The Hall–Kier alpha value is -3.48. The minimum Gasteiger partial charge on any atom is -0.464 e. The second-order valence-corrected chi connectivity index (χ2v) is 7.12. The number of methoxy groups -OCH3 is 1. The third-order valence-corrected chi connectivity index (χ3v) is 3.81. The summed E-state index contributed by atoms with van der Waals surface area (Å²) in [5.74, 6) is -0.492. The van der Waals surface area contributed by atoms with Gasteiger partial charge < -0.3 is 9.47 Å². The van der Waals surface area contributed by atoms with Gasteiger partial charge in [-0.1, -0.05) is 12.1 Å². The molecule has 0 unspecified atom stereocenters. The second-order valence-electron chi connectivity index (χ2n) is 7.12. The first kappa shape index (κ1) is 19.3. The highest BCUT2D eigenvalue weighted by Crippen LogP contribution is 2.28. The van der Waals surface area contributed by atoms with Crippen LogP contribution in [-0.2, 0) is 9.47 Å². The monoisotopic (exact) mass is 379 g/mol. The van der Waals surface area contributed by atoms with E-state index in [1.807, 2.05) is 18.2 Å². The van der Waals surface area contributed by atoms with E-state index in [1.165, 1.54) is 7.11 Å². The third-order valence-electron chi connectivity index (χ3n) is 3.81. The Balaban J connectivity index is 1.94. The van der Waals surface area contributed by atoms with Crippen molar-refractivity contribution in [2.75, 3.05) is 12.4 Å². The van der Waals surface area contributed by atoms with E-state index in [0.717, 1.165) is 10.9 Å². The fourth-order valence-electron chi connectivity index (χ4n) is 2.67. The number of carbonyl (C=O) groups excluding carboxylic acids is 2. The molecule has 0 aliphatic carbocycles. The SMILES string of the molecule is COC(=O)c1ccc2c(-c3cc(NC(=O)OC(C)(C)C)ccn3)cccc2n1. The number of hydrogen-bond acceptors (Lipinski definition) is 6. The van der Waals surface area contributed by atoms with Crippen LogP contribution in [0.5, 0.6) is 0 Å². The Morgan fingerprint density at radius 2 is 1.86 bits per heavy atom. The van der Waals surface area contributed by atoms with Gasteiger partial charge in [0.25, 0.3) is 0 Å². The third kappa shape index (κ3) is 4.43. The van der Waals surface area contributed by atoms with Crippen molar-refractivity contribution in [1.29, 1.82) is 0 Å². The first-order valence-electron chi connectivity index (χ1n) is 8.71. The number of nitrogens with one attached hydrogen (secondary N) is 1. The summed E-state index contributed by atoms with van der Waals surface area (Å²) in [7, 11) is 1.32. The zero-order chi connectivity index (χ0) is 20.3. The molecule has 1 N–H and O–H groups in total. The van der Waals surface area contributed by atoms with Crippen LogP contribution in [0.15, 0.2) is 48.7 Å². The molecular weight excluding hydrogens is 358 g/mol. The van der Waals surface area contributed by atoms with Gasteiger partial charge in [-0.3, -0.25) is 10.3 Å². The Morgan fingerprint density at radius 3 is 2.57 bits per heavy atom. The highest BCUT2D eigenvalue weighted by molar-refractivity contribution is 5.97. The maximum Gasteiger partial charge on any atom is 0.412 e. The van der Waals surface area contributed by atoms with Gasteiger partial charge in [0, 0.05) is 22.8 Å². The molecule has 144 valence electrons. The van der Waals surface area contributed by atoms with Crippen molar-refractivity contribution in [3.63, 3.8) is 0 Å². The number of aromatic nitrogens is 2. The van der Waals surface area contributed by atoms with Crippen LogP contribution in [0.25, 0.3) is 22.2 Å². The molecule has 0 saturated heterocycles. The molecule has 28 heavy (non-hydrogen) atoms. The van der Waals surface area contributed by atoms with E-state index >= 15 is 0 Å². The predicted octanol–water partition coefficient (Wildman–Crippen LogP) is 4.43. The Morgan fingerprint density at radius 1 is 1.07 bits per heavy atom. The fraction of sp³-hybridized carbons (Fsp3) is 0.238. The van der Waals surface area contributed by atoms with Gasteiger partial charge in [-0.15, -0.1) is 0 Å². The Kier molecular flexibility index (Phi) is 5.26. The minimum absolute atomic E-state index is 0.237. The number of carbonyl (C=O) groups is 2. The number of benzene rings is 1. The van der Waals surface area contributed by atoms with E-state index in [-0.39, 0.29) is 5.69 Å². The van der Waals surface area contributed by atoms with E-state index in [9.17, 15) is 9.59 Å². The van der Waals surface area contributed by atoms with Crippen LogP contribution in [0.1, 0.15) is 31.3 Å². The van der Waals surface area contributed by atoms with Gasteiger partial charge in [0.1, 0.15) is 11.3 Å². The molecule has 3 aromatic rings. The molecule has 0 aliphatic heterocycles. The number of nitrogens with zero attached hydrogens (tertiary/aromatic N) is 2. The number of anilines is 1. The molecule has 1 amide bonds. The Labute approximate surface area is 162 Å². The van der Waals surface area contributed by atoms with Gasteiger partial charge in [-0.05, 0) is 51.1 Å². The quantitative estimate of drug-likeness (QED) is 0.677. The number of rotatable bonds is 3. The summed E-state index contributed by atoms with van der Waals surface area (Å²) in [5, 5.41) is 3.54. The standard InChI is InChI=1S/C21H21N3O4/c1-21(2,3)28-20(26)23-13-10-11-22-18(12-13)14-6-5-7-16-15(14)8-9-17(24-16)19(25)27-4/h5-12H,1-4H3,(H,22,23,26). The molecule has 2 aromatic heterocycles. The fourth-order valence-corrected chi connectivity index (χ4v) is 2.67. The highest BCUT2D eigenvalue weighted by atomic mass is 16.6. The lowest BCUT2D eigenvalue weighted by atomic mass is 10.0. The van der Waals surface area contributed by atoms with Crippen LogP contribution in [0, 0.1) is 0 Å². The molecule has 0 fully saturated rings. The van der Waals surface area contributed by atoms with Crippen LogP contribution < -0.4 is 5.32 Å². The number of ether oxygens (including phenoxy) is 2.